The van der Waals surface area contributed by atoms with Gasteiger partial charge >= 0.3 is 0 Å². The van der Waals surface area contributed by atoms with Gasteiger partial charge in [0.05, 0.1) is 15.7 Å². The summed E-state index contributed by atoms with van der Waals surface area (Å²) >= 11 is 1.43. The van der Waals surface area contributed by atoms with Gasteiger partial charge in [-0.1, -0.05) is 24.3 Å². The maximum Gasteiger partial charge on any atom is 0.269 e. The molecule has 31 heavy (non-hydrogen) atoms. The lowest BCUT2D eigenvalue weighted by Gasteiger charge is -2.36. The van der Waals surface area contributed by atoms with E-state index in [1.165, 1.54) is 29.5 Å². The lowest BCUT2D eigenvalue weighted by molar-refractivity contribution is -0.384. The van der Waals surface area contributed by atoms with E-state index in [9.17, 15) is 14.9 Å². The molecule has 0 bridgehead atoms. The molecule has 1 unspecified atom stereocenters. The number of para-hydroxylation sites is 1. The van der Waals surface area contributed by atoms with Crippen LogP contribution in [0.2, 0.25) is 0 Å². The van der Waals surface area contributed by atoms with E-state index in [1.54, 1.807) is 12.1 Å². The molecule has 7 nitrogen and oxygen atoms in total. The van der Waals surface area contributed by atoms with E-state index in [2.05, 4.69) is 34.1 Å². The van der Waals surface area contributed by atoms with E-state index in [0.29, 0.717) is 13.1 Å². The molecule has 0 saturated carbocycles. The fourth-order valence-electron chi connectivity index (χ4n) is 3.82. The molecule has 1 aliphatic rings. The lowest BCUT2D eigenvalue weighted by atomic mass is 10.1. The van der Waals surface area contributed by atoms with Crippen LogP contribution >= 0.6 is 11.8 Å². The molecule has 160 valence electrons. The number of amides is 1. The molecule has 3 aromatic rings. The van der Waals surface area contributed by atoms with Crippen molar-refractivity contribution in [2.45, 2.75) is 23.6 Å². The zero-order chi connectivity index (χ0) is 21.8. The zero-order valence-electron chi connectivity index (χ0n) is 17.3. The van der Waals surface area contributed by atoms with Crippen molar-refractivity contribution in [2.75, 3.05) is 26.2 Å². The molecule has 1 aromatic heterocycles. The van der Waals surface area contributed by atoms with E-state index < -0.39 is 4.92 Å². The second-order valence-electron chi connectivity index (χ2n) is 7.60. The summed E-state index contributed by atoms with van der Waals surface area (Å²) in [6.45, 7) is 5.75. The molecule has 0 radical (unpaired) electrons. The Bertz CT molecular complexity index is 1080. The van der Waals surface area contributed by atoms with Crippen LogP contribution < -0.4 is 0 Å². The smallest absolute Gasteiger partial charge is 0.269 e. The number of aromatic nitrogens is 1. The summed E-state index contributed by atoms with van der Waals surface area (Å²) in [4.78, 5) is 32.9. The quantitative estimate of drug-likeness (QED) is 0.331. The number of carbonyl (C=O) groups is 1. The number of piperazine rings is 1. The van der Waals surface area contributed by atoms with Gasteiger partial charge < -0.3 is 4.90 Å². The van der Waals surface area contributed by atoms with Crippen LogP contribution in [0.15, 0.2) is 65.7 Å². The van der Waals surface area contributed by atoms with Crippen LogP contribution in [0, 0.1) is 10.1 Å². The first-order valence-electron chi connectivity index (χ1n) is 10.3. The molecule has 1 saturated heterocycles. The van der Waals surface area contributed by atoms with Crippen LogP contribution in [-0.2, 0) is 11.3 Å². The number of nitrogens with zero attached hydrogens (tertiary/aromatic N) is 4. The standard InChI is InChI=1S/C23H24N4O3S/c1-17(31-21-9-7-20(8-10-21)27(29)30)23(28)26-14-12-25(13-15-26)16-19-5-2-4-18-6-3-11-24-22(18)19/h2-11,17H,12-16H2,1H3. The largest absolute Gasteiger partial charge is 0.339 e. The number of nitro groups is 1. The molecule has 0 N–H and O–H groups in total. The highest BCUT2D eigenvalue weighted by molar-refractivity contribution is 8.00. The summed E-state index contributed by atoms with van der Waals surface area (Å²) in [5, 5.41) is 11.7. The van der Waals surface area contributed by atoms with E-state index in [0.717, 1.165) is 35.4 Å². The van der Waals surface area contributed by atoms with Crippen molar-refractivity contribution in [3.05, 3.63) is 76.5 Å². The second kappa shape index (κ2) is 9.45. The van der Waals surface area contributed by atoms with Crippen molar-refractivity contribution in [1.82, 2.24) is 14.8 Å². The maximum absolute atomic E-state index is 12.9. The minimum absolute atomic E-state index is 0.0563. The molecular weight excluding hydrogens is 412 g/mol. The Morgan fingerprint density at radius 3 is 2.52 bits per heavy atom. The first-order chi connectivity index (χ1) is 15.0. The number of pyridine rings is 1. The molecule has 4 rings (SSSR count). The number of hydrogen-bond donors (Lipinski definition) is 0. The van der Waals surface area contributed by atoms with Gasteiger partial charge in [0.15, 0.2) is 0 Å². The highest BCUT2D eigenvalue weighted by Crippen LogP contribution is 2.27. The van der Waals surface area contributed by atoms with Crippen molar-refractivity contribution in [1.29, 1.82) is 0 Å². The first kappa shape index (κ1) is 21.3. The van der Waals surface area contributed by atoms with Crippen molar-refractivity contribution >= 4 is 34.3 Å². The number of non-ortho nitro benzene ring substituents is 1. The number of carbonyl (C=O) groups excluding carboxylic acids is 1. The normalized spacial score (nSPS) is 15.7. The fourth-order valence-corrected chi connectivity index (χ4v) is 4.77. The Hall–Kier alpha value is -2.97. The Morgan fingerprint density at radius 2 is 1.81 bits per heavy atom. The zero-order valence-corrected chi connectivity index (χ0v) is 18.1. The molecule has 0 spiro atoms. The third-order valence-corrected chi connectivity index (χ3v) is 6.60. The summed E-state index contributed by atoms with van der Waals surface area (Å²) in [7, 11) is 0. The van der Waals surface area contributed by atoms with Crippen LogP contribution in [0.3, 0.4) is 0 Å². The topological polar surface area (TPSA) is 79.6 Å². The van der Waals surface area contributed by atoms with Crippen molar-refractivity contribution < 1.29 is 9.72 Å². The summed E-state index contributed by atoms with van der Waals surface area (Å²) in [6.07, 6.45) is 1.83. The van der Waals surface area contributed by atoms with Crippen LogP contribution in [0.1, 0.15) is 12.5 Å². The number of rotatable bonds is 6. The van der Waals surface area contributed by atoms with Gasteiger partial charge in [0, 0.05) is 61.3 Å². The van der Waals surface area contributed by atoms with Gasteiger partial charge in [-0.05, 0) is 30.7 Å². The van der Waals surface area contributed by atoms with Crippen LogP contribution in [0.25, 0.3) is 10.9 Å². The molecule has 1 aliphatic heterocycles. The van der Waals surface area contributed by atoms with Gasteiger partial charge in [-0.25, -0.2) is 0 Å². The SMILES string of the molecule is CC(Sc1ccc([N+](=O)[O-])cc1)C(=O)N1CCN(Cc2cccc3cccnc23)CC1. The molecule has 0 aliphatic carbocycles. The Labute approximate surface area is 185 Å². The highest BCUT2D eigenvalue weighted by Gasteiger charge is 2.26. The highest BCUT2D eigenvalue weighted by atomic mass is 32.2. The van der Waals surface area contributed by atoms with Gasteiger partial charge in [0.2, 0.25) is 5.91 Å². The summed E-state index contributed by atoms with van der Waals surface area (Å²) in [5.41, 5.74) is 2.30. The lowest BCUT2D eigenvalue weighted by Crippen LogP contribution is -2.50. The molecular formula is C23H24N4O3S. The Morgan fingerprint density at radius 1 is 1.10 bits per heavy atom. The Balaban J connectivity index is 1.31. The van der Waals surface area contributed by atoms with Gasteiger partial charge in [-0.2, -0.15) is 0 Å². The van der Waals surface area contributed by atoms with Crippen LogP contribution in [0.5, 0.6) is 0 Å². The number of nitro benzene ring substituents is 1. The van der Waals surface area contributed by atoms with E-state index in [-0.39, 0.29) is 16.8 Å². The average molecular weight is 437 g/mol. The second-order valence-corrected chi connectivity index (χ2v) is 9.02. The first-order valence-corrected chi connectivity index (χ1v) is 11.1. The minimum Gasteiger partial charge on any atom is -0.339 e. The van der Waals surface area contributed by atoms with E-state index >= 15 is 0 Å². The predicted molar refractivity (Wildman–Crippen MR) is 122 cm³/mol. The van der Waals surface area contributed by atoms with Crippen LogP contribution in [-0.4, -0.2) is 57.0 Å². The average Bonchev–Trinajstić information content (AvgIpc) is 2.80. The summed E-state index contributed by atoms with van der Waals surface area (Å²) < 4.78 is 0. The van der Waals surface area contributed by atoms with Crippen molar-refractivity contribution in [2.24, 2.45) is 0 Å². The van der Waals surface area contributed by atoms with E-state index in [4.69, 9.17) is 0 Å². The summed E-state index contributed by atoms with van der Waals surface area (Å²) in [6, 6.07) is 16.6. The van der Waals surface area contributed by atoms with Crippen LogP contribution in [0.4, 0.5) is 5.69 Å². The third-order valence-electron chi connectivity index (χ3n) is 5.50. The molecule has 1 amide bonds. The van der Waals surface area contributed by atoms with Crippen molar-refractivity contribution in [3.63, 3.8) is 0 Å². The number of benzene rings is 2. The molecule has 2 heterocycles. The number of fused-ring (bicyclic) bond motifs is 1. The van der Waals surface area contributed by atoms with E-state index in [1.807, 2.05) is 24.1 Å². The predicted octanol–water partition coefficient (Wildman–Crippen LogP) is 3.97. The third kappa shape index (κ3) is 5.03. The molecule has 1 fully saturated rings. The Kier molecular flexibility index (Phi) is 6.48. The van der Waals surface area contributed by atoms with Gasteiger partial charge in [0.1, 0.15) is 0 Å². The van der Waals surface area contributed by atoms with Crippen molar-refractivity contribution in [3.8, 4) is 0 Å². The number of thioether (sulfide) groups is 1. The molecule has 2 aromatic carbocycles. The molecule has 8 heteroatoms. The van der Waals surface area contributed by atoms with Gasteiger partial charge in [0.25, 0.3) is 5.69 Å². The fraction of sp³-hybridized carbons (Fsp3) is 0.304. The monoisotopic (exact) mass is 436 g/mol. The maximum atomic E-state index is 12.9. The number of hydrogen-bond acceptors (Lipinski definition) is 6. The molecule has 1 atom stereocenters. The van der Waals surface area contributed by atoms with Gasteiger partial charge in [-0.15, -0.1) is 11.8 Å². The minimum atomic E-state index is -0.420. The summed E-state index contributed by atoms with van der Waals surface area (Å²) in [5.74, 6) is 0.106. The van der Waals surface area contributed by atoms with Gasteiger partial charge in [-0.3, -0.25) is 24.8 Å².